The van der Waals surface area contributed by atoms with Crippen molar-refractivity contribution < 1.29 is 19.4 Å². The maximum Gasteiger partial charge on any atom is 0.335 e. The molecule has 2 aromatic carbocycles. The number of carbonyl (C=O) groups excluding carboxylic acids is 1. The van der Waals surface area contributed by atoms with Crippen LogP contribution in [0.3, 0.4) is 0 Å². The van der Waals surface area contributed by atoms with Crippen LogP contribution < -0.4 is 4.74 Å². The van der Waals surface area contributed by atoms with Gasteiger partial charge in [-0.3, -0.25) is 9.69 Å². The lowest BCUT2D eigenvalue weighted by Crippen LogP contribution is -2.22. The number of carboxylic acid groups (broad SMARTS) is 1. The summed E-state index contributed by atoms with van der Waals surface area (Å²) < 4.78 is 6.22. The fourth-order valence-corrected chi connectivity index (χ4v) is 3.75. The second kappa shape index (κ2) is 8.12. The lowest BCUT2D eigenvalue weighted by Gasteiger charge is -2.09. The number of thioether (sulfide) groups is 1. The third kappa shape index (κ3) is 4.50. The summed E-state index contributed by atoms with van der Waals surface area (Å²) in [6.07, 6.45) is 1.74. The van der Waals surface area contributed by atoms with Gasteiger partial charge in [0.25, 0.3) is 5.91 Å². The van der Waals surface area contributed by atoms with Gasteiger partial charge in [-0.05, 0) is 41.5 Å². The molecule has 27 heavy (non-hydrogen) atoms. The third-order valence-electron chi connectivity index (χ3n) is 3.84. The number of nitrogens with zero attached hydrogens (tertiary/aromatic N) is 1. The topological polar surface area (TPSA) is 66.8 Å². The average Bonchev–Trinajstić information content (AvgIpc) is 2.88. The quantitative estimate of drug-likeness (QED) is 0.570. The van der Waals surface area contributed by atoms with E-state index in [0.29, 0.717) is 20.0 Å². The van der Waals surface area contributed by atoms with Crippen LogP contribution in [0.2, 0.25) is 5.02 Å². The average molecular weight is 420 g/mol. The third-order valence-corrected chi connectivity index (χ3v) is 5.62. The highest BCUT2D eigenvalue weighted by Gasteiger charge is 2.28. The smallest absolute Gasteiger partial charge is 0.335 e. The first-order valence-corrected chi connectivity index (χ1v) is 9.41. The molecule has 8 heteroatoms. The van der Waals surface area contributed by atoms with Crippen molar-refractivity contribution in [2.75, 3.05) is 7.05 Å². The second-order valence-electron chi connectivity index (χ2n) is 5.72. The largest absolute Gasteiger partial charge is 0.487 e. The molecule has 1 fully saturated rings. The van der Waals surface area contributed by atoms with Gasteiger partial charge in [-0.1, -0.05) is 53.8 Å². The van der Waals surface area contributed by atoms with E-state index in [1.165, 1.54) is 28.8 Å². The second-order valence-corrected chi connectivity index (χ2v) is 7.80. The highest BCUT2D eigenvalue weighted by atomic mass is 35.5. The summed E-state index contributed by atoms with van der Waals surface area (Å²) in [6, 6.07) is 11.7. The van der Waals surface area contributed by atoms with Crippen molar-refractivity contribution in [3.63, 3.8) is 0 Å². The minimum Gasteiger partial charge on any atom is -0.487 e. The molecule has 1 aliphatic heterocycles. The predicted molar refractivity (Wildman–Crippen MR) is 110 cm³/mol. The van der Waals surface area contributed by atoms with Crippen LogP contribution in [-0.2, 0) is 11.4 Å². The van der Waals surface area contributed by atoms with Gasteiger partial charge in [-0.2, -0.15) is 0 Å². The molecule has 1 N–H and O–H groups in total. The van der Waals surface area contributed by atoms with Crippen molar-refractivity contribution in [1.82, 2.24) is 4.90 Å². The van der Waals surface area contributed by atoms with Gasteiger partial charge in [-0.15, -0.1) is 0 Å². The molecule has 0 unspecified atom stereocenters. The molecule has 0 aromatic heterocycles. The molecule has 0 aliphatic carbocycles. The highest BCUT2D eigenvalue weighted by molar-refractivity contribution is 8.26. The molecule has 1 saturated heterocycles. The minimum atomic E-state index is -0.971. The SMILES string of the molecule is CN1C(=O)C(=Cc2ccc(OCc3ccc(C(=O)O)cc3)c(Cl)c2)SC1=S. The maximum absolute atomic E-state index is 12.1. The van der Waals surface area contributed by atoms with Crippen LogP contribution in [0.4, 0.5) is 0 Å². The molecule has 0 bridgehead atoms. The molecule has 0 spiro atoms. The standard InChI is InChI=1S/C19H14ClNO4S2/c1-21-17(22)16(27-19(21)26)9-12-4-7-15(14(20)8-12)25-10-11-2-5-13(6-3-11)18(23)24/h2-9H,10H2,1H3,(H,23,24). The molecular weight excluding hydrogens is 406 g/mol. The molecule has 1 amide bonds. The Labute approximate surface area is 170 Å². The molecule has 5 nitrogen and oxygen atoms in total. The number of rotatable bonds is 5. The zero-order chi connectivity index (χ0) is 19.6. The van der Waals surface area contributed by atoms with Crippen molar-refractivity contribution in [2.24, 2.45) is 0 Å². The Morgan fingerprint density at radius 1 is 1.30 bits per heavy atom. The van der Waals surface area contributed by atoms with Crippen LogP contribution in [0.15, 0.2) is 47.4 Å². The van der Waals surface area contributed by atoms with Gasteiger partial charge in [0.05, 0.1) is 15.5 Å². The lowest BCUT2D eigenvalue weighted by molar-refractivity contribution is -0.121. The molecule has 0 atom stereocenters. The van der Waals surface area contributed by atoms with Crippen molar-refractivity contribution in [3.05, 3.63) is 69.1 Å². The summed E-state index contributed by atoms with van der Waals surface area (Å²) in [5, 5.41) is 9.32. The van der Waals surface area contributed by atoms with Gasteiger partial charge in [0.15, 0.2) is 0 Å². The Morgan fingerprint density at radius 2 is 2.00 bits per heavy atom. The lowest BCUT2D eigenvalue weighted by atomic mass is 10.1. The summed E-state index contributed by atoms with van der Waals surface area (Å²) in [7, 11) is 1.64. The number of likely N-dealkylation sites (N-methyl/N-ethyl adjacent to an activating group) is 1. The first-order valence-electron chi connectivity index (χ1n) is 7.81. The monoisotopic (exact) mass is 419 g/mol. The van der Waals surface area contributed by atoms with Crippen molar-refractivity contribution in [1.29, 1.82) is 0 Å². The Morgan fingerprint density at radius 3 is 2.56 bits per heavy atom. The first kappa shape index (κ1) is 19.4. The normalized spacial score (nSPS) is 15.5. The molecule has 3 rings (SSSR count). The first-order chi connectivity index (χ1) is 12.8. The maximum atomic E-state index is 12.1. The van der Waals surface area contributed by atoms with E-state index < -0.39 is 5.97 Å². The van der Waals surface area contributed by atoms with Crippen LogP contribution in [-0.4, -0.2) is 33.3 Å². The number of ether oxygens (including phenoxy) is 1. The minimum absolute atomic E-state index is 0.133. The van der Waals surface area contributed by atoms with E-state index in [1.807, 2.05) is 0 Å². The Kier molecular flexibility index (Phi) is 5.84. The van der Waals surface area contributed by atoms with E-state index in [-0.39, 0.29) is 18.1 Å². The summed E-state index contributed by atoms with van der Waals surface area (Å²) in [6.45, 7) is 0.257. The van der Waals surface area contributed by atoms with Crippen molar-refractivity contribution in [2.45, 2.75) is 6.61 Å². The van der Waals surface area contributed by atoms with Crippen LogP contribution in [0, 0.1) is 0 Å². The number of benzene rings is 2. The van der Waals surface area contributed by atoms with E-state index in [0.717, 1.165) is 11.1 Å². The van der Waals surface area contributed by atoms with Gasteiger partial charge in [0, 0.05) is 7.05 Å². The number of carbonyl (C=O) groups is 2. The van der Waals surface area contributed by atoms with Crippen LogP contribution in [0.5, 0.6) is 5.75 Å². The number of hydrogen-bond donors (Lipinski definition) is 1. The zero-order valence-corrected chi connectivity index (χ0v) is 16.5. The summed E-state index contributed by atoms with van der Waals surface area (Å²) in [4.78, 5) is 24.9. The van der Waals surface area contributed by atoms with Crippen molar-refractivity contribution in [3.8, 4) is 5.75 Å². The summed E-state index contributed by atoms with van der Waals surface area (Å²) >= 11 is 12.6. The van der Waals surface area contributed by atoms with Crippen LogP contribution >= 0.6 is 35.6 Å². The van der Waals surface area contributed by atoms with E-state index in [9.17, 15) is 9.59 Å². The molecule has 1 aliphatic rings. The van der Waals surface area contributed by atoms with E-state index >= 15 is 0 Å². The fourth-order valence-electron chi connectivity index (χ4n) is 2.33. The number of amides is 1. The van der Waals surface area contributed by atoms with E-state index in [4.69, 9.17) is 33.7 Å². The predicted octanol–water partition coefficient (Wildman–Crippen LogP) is 4.45. The Balaban J connectivity index is 1.69. The van der Waals surface area contributed by atoms with E-state index in [2.05, 4.69) is 0 Å². The molecular formula is C19H14ClNO4S2. The molecule has 1 heterocycles. The van der Waals surface area contributed by atoms with Crippen LogP contribution in [0.25, 0.3) is 6.08 Å². The summed E-state index contributed by atoms with van der Waals surface area (Å²) in [5.41, 5.74) is 1.82. The molecule has 0 saturated carbocycles. The zero-order valence-electron chi connectivity index (χ0n) is 14.1. The Hall–Kier alpha value is -2.35. The van der Waals surface area contributed by atoms with Gasteiger partial charge in [0.1, 0.15) is 16.7 Å². The van der Waals surface area contributed by atoms with E-state index in [1.54, 1.807) is 43.5 Å². The summed E-state index contributed by atoms with van der Waals surface area (Å²) in [5.74, 6) is -0.605. The number of halogens is 1. The fraction of sp³-hybridized carbons (Fsp3) is 0.105. The number of thiocarbonyl (C=S) groups is 1. The van der Waals surface area contributed by atoms with Gasteiger partial charge < -0.3 is 9.84 Å². The molecule has 138 valence electrons. The van der Waals surface area contributed by atoms with Crippen molar-refractivity contribution >= 4 is 57.9 Å². The van der Waals surface area contributed by atoms with Gasteiger partial charge in [0.2, 0.25) is 0 Å². The highest BCUT2D eigenvalue weighted by Crippen LogP contribution is 2.33. The van der Waals surface area contributed by atoms with Gasteiger partial charge >= 0.3 is 5.97 Å². The Bertz CT molecular complexity index is 957. The van der Waals surface area contributed by atoms with Gasteiger partial charge in [-0.25, -0.2) is 4.79 Å². The van der Waals surface area contributed by atoms with Crippen LogP contribution in [0.1, 0.15) is 21.5 Å². The number of hydrogen-bond acceptors (Lipinski definition) is 5. The number of carboxylic acids is 1. The number of aromatic carboxylic acids is 1. The molecule has 0 radical (unpaired) electrons. The molecule has 2 aromatic rings.